The molecule has 0 amide bonds. The largest absolute Gasteiger partial charge is 0.491 e. The Hall–Kier alpha value is -2.10. The minimum Gasteiger partial charge on any atom is -0.491 e. The molecule has 0 saturated heterocycles. The van der Waals surface area contributed by atoms with Crippen LogP contribution in [0.25, 0.3) is 17.5 Å². The minimum absolute atomic E-state index is 0.167. The van der Waals surface area contributed by atoms with Crippen molar-refractivity contribution in [3.05, 3.63) is 36.2 Å². The third-order valence-electron chi connectivity index (χ3n) is 2.23. The van der Waals surface area contributed by atoms with Gasteiger partial charge in [-0.25, -0.2) is 0 Å². The highest BCUT2D eigenvalue weighted by atomic mass is 16.5. The highest BCUT2D eigenvalue weighted by Crippen LogP contribution is 2.21. The molecule has 1 aromatic carbocycles. The van der Waals surface area contributed by atoms with E-state index in [4.69, 9.17) is 9.26 Å². The summed E-state index contributed by atoms with van der Waals surface area (Å²) in [6.45, 7) is 5.90. The summed E-state index contributed by atoms with van der Waals surface area (Å²) in [4.78, 5) is 4.26. The molecule has 0 unspecified atom stereocenters. The van der Waals surface area contributed by atoms with Gasteiger partial charge in [-0.2, -0.15) is 4.98 Å². The number of hydrogen-bond acceptors (Lipinski definition) is 4. The molecule has 0 aliphatic heterocycles. The zero-order valence-corrected chi connectivity index (χ0v) is 10.8. The van der Waals surface area contributed by atoms with Gasteiger partial charge in [-0.05, 0) is 51.1 Å². The average molecular weight is 244 g/mol. The van der Waals surface area contributed by atoms with Crippen molar-refractivity contribution >= 4 is 6.08 Å². The van der Waals surface area contributed by atoms with Crippen molar-refractivity contribution in [1.82, 2.24) is 10.1 Å². The normalized spacial score (nSPS) is 11.3. The summed E-state index contributed by atoms with van der Waals surface area (Å²) in [5.41, 5.74) is 0.884. The average Bonchev–Trinajstić information content (AvgIpc) is 2.78. The summed E-state index contributed by atoms with van der Waals surface area (Å²) < 4.78 is 10.7. The van der Waals surface area contributed by atoms with Gasteiger partial charge in [0, 0.05) is 5.56 Å². The number of nitrogens with zero attached hydrogens (tertiary/aromatic N) is 2. The Balaban J connectivity index is 2.17. The van der Waals surface area contributed by atoms with Crippen LogP contribution in [0.5, 0.6) is 5.75 Å². The van der Waals surface area contributed by atoms with Gasteiger partial charge in [0.1, 0.15) is 5.75 Å². The van der Waals surface area contributed by atoms with Crippen LogP contribution in [-0.4, -0.2) is 16.2 Å². The second-order valence-electron chi connectivity index (χ2n) is 4.15. The fourth-order valence-electron chi connectivity index (χ4n) is 1.52. The van der Waals surface area contributed by atoms with E-state index < -0.39 is 0 Å². The summed E-state index contributed by atoms with van der Waals surface area (Å²) in [7, 11) is 0. The van der Waals surface area contributed by atoms with Crippen LogP contribution in [0.1, 0.15) is 26.6 Å². The van der Waals surface area contributed by atoms with Crippen LogP contribution >= 0.6 is 0 Å². The van der Waals surface area contributed by atoms with Gasteiger partial charge in [-0.1, -0.05) is 11.2 Å². The van der Waals surface area contributed by atoms with E-state index in [1.54, 1.807) is 6.08 Å². The standard InChI is InChI=1S/C14H16N2O2/c1-4-5-13-15-14(18-16-13)11-6-8-12(9-7-11)17-10(2)3/h4-10H,1-3H3/b5-4+. The third-order valence-corrected chi connectivity index (χ3v) is 2.23. The SMILES string of the molecule is C/C=C/c1noc(-c2ccc(OC(C)C)cc2)n1. The number of rotatable bonds is 4. The van der Waals surface area contributed by atoms with Crippen LogP contribution in [0.4, 0.5) is 0 Å². The Morgan fingerprint density at radius 1 is 1.22 bits per heavy atom. The topological polar surface area (TPSA) is 48.2 Å². The summed E-state index contributed by atoms with van der Waals surface area (Å²) in [6.07, 6.45) is 3.83. The van der Waals surface area contributed by atoms with E-state index in [-0.39, 0.29) is 6.10 Å². The molecule has 0 aliphatic carbocycles. The summed E-state index contributed by atoms with van der Waals surface area (Å²) in [6, 6.07) is 7.61. The maximum Gasteiger partial charge on any atom is 0.258 e. The molecule has 1 aromatic heterocycles. The Labute approximate surface area is 106 Å². The van der Waals surface area contributed by atoms with Crippen molar-refractivity contribution < 1.29 is 9.26 Å². The quantitative estimate of drug-likeness (QED) is 0.825. The molecule has 1 heterocycles. The Morgan fingerprint density at radius 3 is 2.56 bits per heavy atom. The molecule has 2 rings (SSSR count). The molecule has 0 aliphatic rings. The zero-order valence-electron chi connectivity index (χ0n) is 10.8. The van der Waals surface area contributed by atoms with Crippen molar-refractivity contribution in [2.24, 2.45) is 0 Å². The van der Waals surface area contributed by atoms with Crippen molar-refractivity contribution in [2.75, 3.05) is 0 Å². The molecule has 94 valence electrons. The van der Waals surface area contributed by atoms with Crippen molar-refractivity contribution in [3.63, 3.8) is 0 Å². The van der Waals surface area contributed by atoms with Crippen molar-refractivity contribution in [3.8, 4) is 17.2 Å². The van der Waals surface area contributed by atoms with Crippen LogP contribution < -0.4 is 4.74 Å². The van der Waals surface area contributed by atoms with Crippen molar-refractivity contribution in [1.29, 1.82) is 0 Å². The van der Waals surface area contributed by atoms with Crippen LogP contribution in [0.2, 0.25) is 0 Å². The Kier molecular flexibility index (Phi) is 3.77. The molecule has 0 radical (unpaired) electrons. The highest BCUT2D eigenvalue weighted by Gasteiger charge is 2.07. The lowest BCUT2D eigenvalue weighted by atomic mass is 10.2. The molecule has 4 heteroatoms. The van der Waals surface area contributed by atoms with E-state index in [1.807, 2.05) is 51.1 Å². The second kappa shape index (κ2) is 5.49. The van der Waals surface area contributed by atoms with Gasteiger partial charge in [0.2, 0.25) is 0 Å². The molecule has 2 aromatic rings. The number of hydrogen-bond donors (Lipinski definition) is 0. The summed E-state index contributed by atoms with van der Waals surface area (Å²) in [5, 5.41) is 3.85. The van der Waals surface area contributed by atoms with Gasteiger partial charge < -0.3 is 9.26 Å². The second-order valence-corrected chi connectivity index (χ2v) is 4.15. The monoisotopic (exact) mass is 244 g/mol. The first-order valence-corrected chi connectivity index (χ1v) is 5.92. The Bertz CT molecular complexity index is 527. The van der Waals surface area contributed by atoms with Crippen LogP contribution in [0.3, 0.4) is 0 Å². The number of ether oxygens (including phenoxy) is 1. The molecular weight excluding hydrogens is 228 g/mol. The maximum absolute atomic E-state index is 5.57. The lowest BCUT2D eigenvalue weighted by Gasteiger charge is -2.09. The number of allylic oxidation sites excluding steroid dienone is 1. The first-order chi connectivity index (χ1) is 8.69. The van der Waals surface area contributed by atoms with E-state index in [1.165, 1.54) is 0 Å². The molecule has 0 atom stereocenters. The molecule has 4 nitrogen and oxygen atoms in total. The van der Waals surface area contributed by atoms with Crippen LogP contribution in [0.15, 0.2) is 34.9 Å². The lowest BCUT2D eigenvalue weighted by Crippen LogP contribution is -2.05. The zero-order chi connectivity index (χ0) is 13.0. The fraction of sp³-hybridized carbons (Fsp3) is 0.286. The predicted molar refractivity (Wildman–Crippen MR) is 70.2 cm³/mol. The lowest BCUT2D eigenvalue weighted by molar-refractivity contribution is 0.242. The van der Waals surface area contributed by atoms with Gasteiger partial charge >= 0.3 is 0 Å². The fourth-order valence-corrected chi connectivity index (χ4v) is 1.52. The number of benzene rings is 1. The highest BCUT2D eigenvalue weighted by molar-refractivity contribution is 5.55. The van der Waals surface area contributed by atoms with Crippen LogP contribution in [0, 0.1) is 0 Å². The molecule has 0 bridgehead atoms. The van der Waals surface area contributed by atoms with E-state index >= 15 is 0 Å². The van der Waals surface area contributed by atoms with Crippen LogP contribution in [-0.2, 0) is 0 Å². The van der Waals surface area contributed by atoms with E-state index in [9.17, 15) is 0 Å². The predicted octanol–water partition coefficient (Wildman–Crippen LogP) is 3.56. The number of aromatic nitrogens is 2. The molecule has 18 heavy (non-hydrogen) atoms. The molecule has 0 fully saturated rings. The molecular formula is C14H16N2O2. The summed E-state index contributed by atoms with van der Waals surface area (Å²) >= 11 is 0. The van der Waals surface area contributed by atoms with Gasteiger partial charge in [0.25, 0.3) is 5.89 Å². The summed E-state index contributed by atoms with van der Waals surface area (Å²) in [5.74, 6) is 1.93. The molecule has 0 spiro atoms. The van der Waals surface area contributed by atoms with E-state index in [0.29, 0.717) is 11.7 Å². The third kappa shape index (κ3) is 2.97. The molecule has 0 saturated carbocycles. The van der Waals surface area contributed by atoms with Gasteiger partial charge in [0.15, 0.2) is 5.82 Å². The van der Waals surface area contributed by atoms with E-state index in [0.717, 1.165) is 11.3 Å². The van der Waals surface area contributed by atoms with E-state index in [2.05, 4.69) is 10.1 Å². The first kappa shape index (κ1) is 12.4. The van der Waals surface area contributed by atoms with Gasteiger partial charge in [-0.15, -0.1) is 0 Å². The smallest absolute Gasteiger partial charge is 0.258 e. The molecule has 0 N–H and O–H groups in total. The van der Waals surface area contributed by atoms with Crippen molar-refractivity contribution in [2.45, 2.75) is 26.9 Å². The first-order valence-electron chi connectivity index (χ1n) is 5.92. The minimum atomic E-state index is 0.167. The Morgan fingerprint density at radius 2 is 1.94 bits per heavy atom. The van der Waals surface area contributed by atoms with Gasteiger partial charge in [0.05, 0.1) is 6.10 Å². The van der Waals surface area contributed by atoms with Gasteiger partial charge in [-0.3, -0.25) is 0 Å². The maximum atomic E-state index is 5.57.